The lowest BCUT2D eigenvalue weighted by Gasteiger charge is -2.31. The summed E-state index contributed by atoms with van der Waals surface area (Å²) >= 11 is 0. The normalized spacial score (nSPS) is 17.8. The number of carbonyl (C=O) groups excluding carboxylic acids is 1. The summed E-state index contributed by atoms with van der Waals surface area (Å²) in [4.78, 5) is 12.6. The van der Waals surface area contributed by atoms with Gasteiger partial charge in [-0.05, 0) is 51.3 Å². The molecule has 1 N–H and O–H groups in total. The lowest BCUT2D eigenvalue weighted by molar-refractivity contribution is -0.126. The molecule has 0 aliphatic carbocycles. The van der Waals surface area contributed by atoms with Crippen LogP contribution in [0.3, 0.4) is 0 Å². The molecular weight excluding hydrogens is 394 g/mol. The molecule has 1 fully saturated rings. The third-order valence-corrected chi connectivity index (χ3v) is 7.09. The van der Waals surface area contributed by atoms with Crippen LogP contribution < -0.4 is 10.1 Å². The number of benzene rings is 1. The van der Waals surface area contributed by atoms with Crippen LogP contribution >= 0.6 is 0 Å². The minimum absolute atomic E-state index is 0.102. The van der Waals surface area contributed by atoms with Gasteiger partial charge >= 0.3 is 0 Å². The molecule has 1 unspecified atom stereocenters. The first-order chi connectivity index (χ1) is 13.8. The van der Waals surface area contributed by atoms with Crippen LogP contribution in [-0.4, -0.2) is 50.0 Å². The Morgan fingerprint density at radius 3 is 2.83 bits per heavy atom. The molecule has 29 heavy (non-hydrogen) atoms. The van der Waals surface area contributed by atoms with E-state index < -0.39 is 15.9 Å². The van der Waals surface area contributed by atoms with Crippen molar-refractivity contribution >= 4 is 15.9 Å². The molecule has 1 atom stereocenters. The predicted molar refractivity (Wildman–Crippen MR) is 107 cm³/mol. The third-order valence-electron chi connectivity index (χ3n) is 4.98. The van der Waals surface area contributed by atoms with Crippen molar-refractivity contribution < 1.29 is 22.5 Å². The molecule has 158 valence electrons. The van der Waals surface area contributed by atoms with Crippen molar-refractivity contribution in [3.8, 4) is 5.75 Å². The molecule has 1 aromatic carbocycles. The highest BCUT2D eigenvalue weighted by atomic mass is 32.2. The van der Waals surface area contributed by atoms with Crippen LogP contribution in [0.25, 0.3) is 0 Å². The standard InChI is InChI=1S/C20H27N3O5S/c1-14-6-4-8-18(12-14)27-11-9-21-20(24)17-7-5-10-23(13-17)29(25,26)19-15(2)22-28-16(19)3/h4,6,8,12,17H,5,7,9-11,13H2,1-3H3,(H,21,24). The molecule has 1 amide bonds. The third kappa shape index (κ3) is 4.97. The zero-order chi connectivity index (χ0) is 21.0. The Kier molecular flexibility index (Phi) is 6.59. The fraction of sp³-hybridized carbons (Fsp3) is 0.500. The number of aryl methyl sites for hydroxylation is 3. The van der Waals surface area contributed by atoms with Crippen molar-refractivity contribution in [2.24, 2.45) is 5.92 Å². The Labute approximate surface area is 171 Å². The second-order valence-corrected chi connectivity index (χ2v) is 9.19. The highest BCUT2D eigenvalue weighted by Gasteiger charge is 2.36. The van der Waals surface area contributed by atoms with Crippen molar-refractivity contribution in [3.63, 3.8) is 0 Å². The predicted octanol–water partition coefficient (Wildman–Crippen LogP) is 2.20. The fourth-order valence-corrected chi connectivity index (χ4v) is 5.35. The van der Waals surface area contributed by atoms with Crippen LogP contribution in [-0.2, 0) is 14.8 Å². The van der Waals surface area contributed by atoms with Crippen LogP contribution in [0.1, 0.15) is 29.9 Å². The van der Waals surface area contributed by atoms with E-state index in [4.69, 9.17) is 9.26 Å². The van der Waals surface area contributed by atoms with Gasteiger partial charge in [-0.15, -0.1) is 0 Å². The van der Waals surface area contributed by atoms with E-state index in [0.29, 0.717) is 38.2 Å². The molecule has 1 aliphatic heterocycles. The van der Waals surface area contributed by atoms with E-state index in [9.17, 15) is 13.2 Å². The highest BCUT2D eigenvalue weighted by Crippen LogP contribution is 2.27. The molecule has 8 nitrogen and oxygen atoms in total. The minimum atomic E-state index is -3.74. The monoisotopic (exact) mass is 421 g/mol. The summed E-state index contributed by atoms with van der Waals surface area (Å²) in [6.07, 6.45) is 1.28. The van der Waals surface area contributed by atoms with E-state index >= 15 is 0 Å². The number of amides is 1. The molecule has 1 aromatic heterocycles. The molecule has 2 aromatic rings. The zero-order valence-corrected chi connectivity index (χ0v) is 17.8. The molecule has 2 heterocycles. The topological polar surface area (TPSA) is 102 Å². The van der Waals surface area contributed by atoms with Crippen molar-refractivity contribution in [3.05, 3.63) is 41.3 Å². The second-order valence-electron chi connectivity index (χ2n) is 7.31. The van der Waals surface area contributed by atoms with Gasteiger partial charge in [-0.3, -0.25) is 4.79 Å². The van der Waals surface area contributed by atoms with Crippen LogP contribution in [0.15, 0.2) is 33.7 Å². The Morgan fingerprint density at radius 2 is 2.14 bits per heavy atom. The molecule has 3 rings (SSSR count). The summed E-state index contributed by atoms with van der Waals surface area (Å²) in [5.41, 5.74) is 1.44. The number of aromatic nitrogens is 1. The summed E-state index contributed by atoms with van der Waals surface area (Å²) < 4.78 is 38.0. The average Bonchev–Trinajstić information content (AvgIpc) is 3.04. The van der Waals surface area contributed by atoms with E-state index in [1.165, 1.54) is 4.31 Å². The van der Waals surface area contributed by atoms with Crippen LogP contribution in [0, 0.1) is 26.7 Å². The first kappa shape index (κ1) is 21.3. The molecule has 1 aliphatic rings. The molecule has 1 saturated heterocycles. The smallest absolute Gasteiger partial charge is 0.248 e. The molecule has 0 spiro atoms. The summed E-state index contributed by atoms with van der Waals surface area (Å²) in [5.74, 6) is 0.477. The number of sulfonamides is 1. The number of ether oxygens (including phenoxy) is 1. The van der Waals surface area contributed by atoms with Crippen molar-refractivity contribution in [2.75, 3.05) is 26.2 Å². The van der Waals surface area contributed by atoms with E-state index in [0.717, 1.165) is 11.3 Å². The quantitative estimate of drug-likeness (QED) is 0.688. The number of nitrogens with one attached hydrogen (secondary N) is 1. The fourth-order valence-electron chi connectivity index (χ4n) is 3.54. The number of nitrogens with zero attached hydrogens (tertiary/aromatic N) is 2. The van der Waals surface area contributed by atoms with Crippen LogP contribution in [0.4, 0.5) is 0 Å². The summed E-state index contributed by atoms with van der Waals surface area (Å²) in [6, 6.07) is 7.70. The SMILES string of the molecule is Cc1cccc(OCCNC(=O)C2CCCN(S(=O)(=O)c3c(C)noc3C)C2)c1. The minimum Gasteiger partial charge on any atom is -0.492 e. The van der Waals surface area contributed by atoms with E-state index in [-0.39, 0.29) is 23.1 Å². The summed E-state index contributed by atoms with van der Waals surface area (Å²) in [6.45, 7) is 6.41. The largest absolute Gasteiger partial charge is 0.492 e. The van der Waals surface area contributed by atoms with Gasteiger partial charge in [0.1, 0.15) is 22.9 Å². The van der Waals surface area contributed by atoms with Gasteiger partial charge in [-0.25, -0.2) is 8.42 Å². The summed E-state index contributed by atoms with van der Waals surface area (Å²) in [7, 11) is -3.74. The van der Waals surface area contributed by atoms with Gasteiger partial charge in [-0.1, -0.05) is 17.3 Å². The maximum Gasteiger partial charge on any atom is 0.248 e. The molecule has 0 bridgehead atoms. The van der Waals surface area contributed by atoms with Crippen molar-refractivity contribution in [1.82, 2.24) is 14.8 Å². The first-order valence-electron chi connectivity index (χ1n) is 9.69. The van der Waals surface area contributed by atoms with Crippen molar-refractivity contribution in [2.45, 2.75) is 38.5 Å². The Hall–Kier alpha value is -2.39. The number of carbonyl (C=O) groups is 1. The van der Waals surface area contributed by atoms with Gasteiger partial charge in [0.25, 0.3) is 0 Å². The van der Waals surface area contributed by atoms with Gasteiger partial charge in [0.05, 0.1) is 12.5 Å². The first-order valence-corrected chi connectivity index (χ1v) is 11.1. The molecule has 0 radical (unpaired) electrons. The lowest BCUT2D eigenvalue weighted by Crippen LogP contribution is -2.46. The zero-order valence-electron chi connectivity index (χ0n) is 17.0. The molecule has 0 saturated carbocycles. The van der Waals surface area contributed by atoms with Crippen LogP contribution in [0.2, 0.25) is 0 Å². The molecule has 9 heteroatoms. The number of hydrogen-bond donors (Lipinski definition) is 1. The number of hydrogen-bond acceptors (Lipinski definition) is 6. The van der Waals surface area contributed by atoms with Gasteiger partial charge in [-0.2, -0.15) is 4.31 Å². The van der Waals surface area contributed by atoms with Crippen molar-refractivity contribution in [1.29, 1.82) is 0 Å². The average molecular weight is 422 g/mol. The highest BCUT2D eigenvalue weighted by molar-refractivity contribution is 7.89. The van der Waals surface area contributed by atoms with E-state index in [1.807, 2.05) is 31.2 Å². The van der Waals surface area contributed by atoms with Gasteiger partial charge in [0.15, 0.2) is 5.76 Å². The van der Waals surface area contributed by atoms with Gasteiger partial charge in [0.2, 0.25) is 15.9 Å². The Bertz CT molecular complexity index is 951. The maximum absolute atomic E-state index is 13.0. The molecular formula is C20H27N3O5S. The second kappa shape index (κ2) is 8.96. The van der Waals surface area contributed by atoms with Gasteiger partial charge in [0, 0.05) is 13.1 Å². The van der Waals surface area contributed by atoms with E-state index in [1.54, 1.807) is 13.8 Å². The maximum atomic E-state index is 13.0. The number of rotatable bonds is 7. The Morgan fingerprint density at radius 1 is 1.34 bits per heavy atom. The lowest BCUT2D eigenvalue weighted by atomic mass is 9.99. The number of piperidine rings is 1. The van der Waals surface area contributed by atoms with E-state index in [2.05, 4.69) is 10.5 Å². The van der Waals surface area contributed by atoms with Crippen LogP contribution in [0.5, 0.6) is 5.75 Å². The van der Waals surface area contributed by atoms with Gasteiger partial charge < -0.3 is 14.6 Å². The summed E-state index contributed by atoms with van der Waals surface area (Å²) in [5, 5.41) is 6.59. The Balaban J connectivity index is 1.54.